The minimum absolute atomic E-state index is 0.289. The molecule has 0 spiro atoms. The van der Waals surface area contributed by atoms with Crippen LogP contribution in [-0.2, 0) is 0 Å². The summed E-state index contributed by atoms with van der Waals surface area (Å²) >= 11 is 0. The van der Waals surface area contributed by atoms with Gasteiger partial charge in [0.2, 0.25) is 0 Å². The van der Waals surface area contributed by atoms with E-state index in [4.69, 9.17) is 0 Å². The molecule has 0 fully saturated rings. The molecule has 0 amide bonds. The smallest absolute Gasteiger partial charge is 0.169 e. The van der Waals surface area contributed by atoms with Gasteiger partial charge in [0.1, 0.15) is 5.82 Å². The average molecular weight is 182 g/mol. The lowest BCUT2D eigenvalue weighted by Gasteiger charge is -2.00. The first kappa shape index (κ1) is 8.10. The molecule has 0 aliphatic heterocycles. The maximum atomic E-state index is 13.0. The van der Waals surface area contributed by atoms with Crippen molar-refractivity contribution in [2.24, 2.45) is 0 Å². The topological polar surface area (TPSA) is 0 Å². The minimum Gasteiger partial charge on any atom is -0.206 e. The van der Waals surface area contributed by atoms with E-state index in [-0.39, 0.29) is 5.39 Å². The van der Waals surface area contributed by atoms with Gasteiger partial charge >= 0.3 is 0 Å². The summed E-state index contributed by atoms with van der Waals surface area (Å²) in [7, 11) is 0. The monoisotopic (exact) mass is 182 g/mol. The van der Waals surface area contributed by atoms with Gasteiger partial charge in [-0.2, -0.15) is 0 Å². The number of hydrogen-bond donors (Lipinski definition) is 0. The molecule has 0 atom stereocenters. The summed E-state index contributed by atoms with van der Waals surface area (Å²) in [4.78, 5) is 0. The van der Waals surface area contributed by atoms with E-state index in [2.05, 4.69) is 0 Å². The van der Waals surface area contributed by atoms with Crippen molar-refractivity contribution in [2.45, 2.75) is 0 Å². The van der Waals surface area contributed by atoms with Gasteiger partial charge in [-0.05, 0) is 17.5 Å². The fraction of sp³-hybridized carbons (Fsp3) is 0. The van der Waals surface area contributed by atoms with Gasteiger partial charge in [0.05, 0.1) is 5.39 Å². The third-order valence-corrected chi connectivity index (χ3v) is 1.88. The largest absolute Gasteiger partial charge is 0.206 e. The summed E-state index contributed by atoms with van der Waals surface area (Å²) in [6, 6.07) is 6.41. The molecule has 66 valence electrons. The van der Waals surface area contributed by atoms with Gasteiger partial charge in [0.15, 0.2) is 11.6 Å². The second kappa shape index (κ2) is 2.76. The predicted octanol–water partition coefficient (Wildman–Crippen LogP) is 3.26. The lowest BCUT2D eigenvalue weighted by Crippen LogP contribution is -1.88. The van der Waals surface area contributed by atoms with Crippen molar-refractivity contribution in [3.8, 4) is 0 Å². The summed E-state index contributed by atoms with van der Waals surface area (Å²) in [5, 5.41) is 0.0707. The summed E-state index contributed by atoms with van der Waals surface area (Å²) in [6.45, 7) is 0. The van der Waals surface area contributed by atoms with Crippen LogP contribution in [0.2, 0.25) is 0 Å². The Kier molecular flexibility index (Phi) is 1.72. The van der Waals surface area contributed by atoms with Gasteiger partial charge in [-0.25, -0.2) is 13.2 Å². The van der Waals surface area contributed by atoms with E-state index >= 15 is 0 Å². The van der Waals surface area contributed by atoms with E-state index < -0.39 is 17.5 Å². The van der Waals surface area contributed by atoms with Gasteiger partial charge in [-0.1, -0.05) is 18.2 Å². The molecule has 0 saturated carbocycles. The Morgan fingerprint density at radius 3 is 2.31 bits per heavy atom. The Labute approximate surface area is 72.6 Å². The van der Waals surface area contributed by atoms with Crippen molar-refractivity contribution in [3.05, 3.63) is 47.8 Å². The highest BCUT2D eigenvalue weighted by atomic mass is 19.2. The Bertz CT molecular complexity index is 463. The second-order valence-electron chi connectivity index (χ2n) is 2.70. The fourth-order valence-corrected chi connectivity index (χ4v) is 1.27. The van der Waals surface area contributed by atoms with Gasteiger partial charge in [-0.3, -0.25) is 0 Å². The van der Waals surface area contributed by atoms with Crippen LogP contribution < -0.4 is 0 Å². The highest BCUT2D eigenvalue weighted by Gasteiger charge is 2.09. The molecule has 0 aliphatic rings. The summed E-state index contributed by atoms with van der Waals surface area (Å²) in [6.07, 6.45) is 0. The second-order valence-corrected chi connectivity index (χ2v) is 2.70. The van der Waals surface area contributed by atoms with Crippen molar-refractivity contribution in [2.75, 3.05) is 0 Å². The number of benzene rings is 2. The lowest BCUT2D eigenvalue weighted by atomic mass is 10.1. The maximum absolute atomic E-state index is 13.0. The SMILES string of the molecule is Fc1ccc2cccc(F)c2c1F. The first-order valence-corrected chi connectivity index (χ1v) is 3.72. The molecular weight excluding hydrogens is 177 g/mol. The van der Waals surface area contributed by atoms with E-state index in [1.807, 2.05) is 0 Å². The lowest BCUT2D eigenvalue weighted by molar-refractivity contribution is 0.512. The van der Waals surface area contributed by atoms with Crippen molar-refractivity contribution in [1.29, 1.82) is 0 Å². The van der Waals surface area contributed by atoms with E-state index in [1.165, 1.54) is 18.2 Å². The van der Waals surface area contributed by atoms with Crippen LogP contribution in [-0.4, -0.2) is 0 Å². The van der Waals surface area contributed by atoms with E-state index in [0.717, 1.165) is 12.1 Å². The Balaban J connectivity index is 2.97. The minimum atomic E-state index is -1.13. The van der Waals surface area contributed by atoms with Crippen LogP contribution in [0.15, 0.2) is 30.3 Å². The predicted molar refractivity (Wildman–Crippen MR) is 43.8 cm³/mol. The molecule has 0 saturated heterocycles. The van der Waals surface area contributed by atoms with Crippen LogP contribution in [0, 0.1) is 17.5 Å². The number of rotatable bonds is 0. The molecule has 0 nitrogen and oxygen atoms in total. The molecule has 2 aromatic rings. The maximum Gasteiger partial charge on any atom is 0.169 e. The van der Waals surface area contributed by atoms with Gasteiger partial charge < -0.3 is 0 Å². The van der Waals surface area contributed by atoms with Crippen molar-refractivity contribution in [1.82, 2.24) is 0 Å². The molecule has 13 heavy (non-hydrogen) atoms. The molecule has 0 aliphatic carbocycles. The molecular formula is C10H5F3. The molecule has 0 aromatic heterocycles. The van der Waals surface area contributed by atoms with Crippen molar-refractivity contribution in [3.63, 3.8) is 0 Å². The third kappa shape index (κ3) is 1.16. The fourth-order valence-electron chi connectivity index (χ4n) is 1.27. The van der Waals surface area contributed by atoms with E-state index in [9.17, 15) is 13.2 Å². The zero-order valence-electron chi connectivity index (χ0n) is 6.52. The van der Waals surface area contributed by atoms with Crippen LogP contribution in [0.5, 0.6) is 0 Å². The highest BCUT2D eigenvalue weighted by Crippen LogP contribution is 2.22. The van der Waals surface area contributed by atoms with Crippen LogP contribution in [0.25, 0.3) is 10.8 Å². The molecule has 2 rings (SSSR count). The summed E-state index contributed by atoms with van der Waals surface area (Å²) < 4.78 is 38.8. The first-order valence-electron chi connectivity index (χ1n) is 3.72. The quantitative estimate of drug-likeness (QED) is 0.586. The third-order valence-electron chi connectivity index (χ3n) is 1.88. The zero-order valence-corrected chi connectivity index (χ0v) is 6.52. The molecule has 2 aromatic carbocycles. The molecule has 0 bridgehead atoms. The number of hydrogen-bond acceptors (Lipinski definition) is 0. The normalized spacial score (nSPS) is 10.7. The number of fused-ring (bicyclic) bond motifs is 1. The van der Waals surface area contributed by atoms with E-state index in [1.54, 1.807) is 0 Å². The Hall–Kier alpha value is -1.51. The Morgan fingerprint density at radius 2 is 1.54 bits per heavy atom. The molecule has 0 heterocycles. The molecule has 0 N–H and O–H groups in total. The average Bonchev–Trinajstić information content (AvgIpc) is 2.12. The van der Waals surface area contributed by atoms with Gasteiger partial charge in [-0.15, -0.1) is 0 Å². The van der Waals surface area contributed by atoms with Crippen molar-refractivity contribution >= 4 is 10.8 Å². The highest BCUT2D eigenvalue weighted by molar-refractivity contribution is 5.83. The van der Waals surface area contributed by atoms with Gasteiger partial charge in [0, 0.05) is 0 Å². The molecule has 3 heteroatoms. The Morgan fingerprint density at radius 1 is 0.769 bits per heavy atom. The van der Waals surface area contributed by atoms with Crippen LogP contribution in [0.1, 0.15) is 0 Å². The summed E-state index contributed by atoms with van der Waals surface area (Å²) in [5.74, 6) is -2.90. The molecule has 0 radical (unpaired) electrons. The van der Waals surface area contributed by atoms with E-state index in [0.29, 0.717) is 5.39 Å². The van der Waals surface area contributed by atoms with Crippen LogP contribution >= 0.6 is 0 Å². The molecule has 0 unspecified atom stereocenters. The zero-order chi connectivity index (χ0) is 9.42. The van der Waals surface area contributed by atoms with Crippen LogP contribution in [0.3, 0.4) is 0 Å². The van der Waals surface area contributed by atoms with Crippen molar-refractivity contribution < 1.29 is 13.2 Å². The standard InChI is InChI=1S/C10H5F3/c11-7-3-1-2-6-4-5-8(12)10(13)9(6)7/h1-5H. The first-order chi connectivity index (χ1) is 6.20. The number of halogens is 3. The van der Waals surface area contributed by atoms with Gasteiger partial charge in [0.25, 0.3) is 0 Å². The van der Waals surface area contributed by atoms with Crippen LogP contribution in [0.4, 0.5) is 13.2 Å². The summed E-state index contributed by atoms with van der Waals surface area (Å²) in [5.41, 5.74) is 0.